The standard InChI is InChI=1S/C10H11BrF2N2O2/c1-2-17-10(16)8-7(9(12)13)6(14)3-5(4-11)15-8/h3,9H,2,4H2,1H3,(H2,14,15). The van der Waals surface area contributed by atoms with E-state index in [1.807, 2.05) is 0 Å². The van der Waals surface area contributed by atoms with Gasteiger partial charge in [-0.1, -0.05) is 15.9 Å². The maximum absolute atomic E-state index is 12.8. The molecule has 2 N–H and O–H groups in total. The fourth-order valence-corrected chi connectivity index (χ4v) is 1.57. The van der Waals surface area contributed by atoms with Crippen LogP contribution in [0.5, 0.6) is 0 Å². The van der Waals surface area contributed by atoms with E-state index in [4.69, 9.17) is 5.73 Å². The van der Waals surface area contributed by atoms with Crippen LogP contribution in [0.2, 0.25) is 0 Å². The van der Waals surface area contributed by atoms with E-state index in [-0.39, 0.29) is 12.3 Å². The van der Waals surface area contributed by atoms with Crippen LogP contribution in [0.1, 0.15) is 35.1 Å². The number of aromatic nitrogens is 1. The number of nitrogen functional groups attached to an aromatic ring is 1. The Morgan fingerprint density at radius 2 is 2.29 bits per heavy atom. The monoisotopic (exact) mass is 308 g/mol. The van der Waals surface area contributed by atoms with Crippen molar-refractivity contribution in [1.29, 1.82) is 0 Å². The second-order valence-electron chi connectivity index (χ2n) is 3.12. The minimum Gasteiger partial charge on any atom is -0.461 e. The molecule has 1 aromatic heterocycles. The van der Waals surface area contributed by atoms with Crippen molar-refractivity contribution >= 4 is 27.6 Å². The molecule has 17 heavy (non-hydrogen) atoms. The SMILES string of the molecule is CCOC(=O)c1nc(CBr)cc(N)c1C(F)F. The normalized spacial score (nSPS) is 10.6. The highest BCUT2D eigenvalue weighted by molar-refractivity contribution is 9.08. The van der Waals surface area contributed by atoms with Crippen LogP contribution in [0.25, 0.3) is 0 Å². The number of ether oxygens (including phenoxy) is 1. The van der Waals surface area contributed by atoms with Gasteiger partial charge in [-0.15, -0.1) is 0 Å². The number of carbonyl (C=O) groups excluding carboxylic acids is 1. The quantitative estimate of drug-likeness (QED) is 0.686. The summed E-state index contributed by atoms with van der Waals surface area (Å²) in [5.41, 5.74) is 4.73. The van der Waals surface area contributed by atoms with E-state index < -0.39 is 23.7 Å². The minimum atomic E-state index is -2.87. The van der Waals surface area contributed by atoms with Crippen LogP contribution in [0.4, 0.5) is 14.5 Å². The molecule has 0 bridgehead atoms. The fraction of sp³-hybridized carbons (Fsp3) is 0.400. The second-order valence-corrected chi connectivity index (χ2v) is 3.68. The zero-order valence-electron chi connectivity index (χ0n) is 9.04. The van der Waals surface area contributed by atoms with Gasteiger partial charge in [0, 0.05) is 11.0 Å². The number of nitrogens with zero attached hydrogens (tertiary/aromatic N) is 1. The van der Waals surface area contributed by atoms with Crippen molar-refractivity contribution in [1.82, 2.24) is 4.98 Å². The third-order valence-electron chi connectivity index (χ3n) is 1.97. The number of alkyl halides is 3. The summed E-state index contributed by atoms with van der Waals surface area (Å²) in [6.07, 6.45) is -2.87. The van der Waals surface area contributed by atoms with Gasteiger partial charge in [0.2, 0.25) is 0 Å². The van der Waals surface area contributed by atoms with Gasteiger partial charge in [0.15, 0.2) is 5.69 Å². The van der Waals surface area contributed by atoms with Crippen molar-refractivity contribution in [2.75, 3.05) is 12.3 Å². The Morgan fingerprint density at radius 3 is 2.76 bits per heavy atom. The van der Waals surface area contributed by atoms with Gasteiger partial charge in [0.25, 0.3) is 6.43 Å². The topological polar surface area (TPSA) is 65.2 Å². The molecule has 0 aliphatic rings. The molecule has 4 nitrogen and oxygen atoms in total. The highest BCUT2D eigenvalue weighted by Crippen LogP contribution is 2.29. The van der Waals surface area contributed by atoms with Gasteiger partial charge >= 0.3 is 5.97 Å². The van der Waals surface area contributed by atoms with Crippen molar-refractivity contribution in [3.05, 3.63) is 23.0 Å². The molecule has 0 atom stereocenters. The lowest BCUT2D eigenvalue weighted by Crippen LogP contribution is -2.14. The van der Waals surface area contributed by atoms with Crippen molar-refractivity contribution in [2.45, 2.75) is 18.7 Å². The average molecular weight is 309 g/mol. The van der Waals surface area contributed by atoms with Gasteiger partial charge in [0.1, 0.15) is 0 Å². The van der Waals surface area contributed by atoms with E-state index in [1.54, 1.807) is 6.92 Å². The third kappa shape index (κ3) is 3.12. The van der Waals surface area contributed by atoms with Crippen molar-refractivity contribution < 1.29 is 18.3 Å². The molecule has 7 heteroatoms. The molecule has 0 amide bonds. The van der Waals surface area contributed by atoms with Crippen LogP contribution in [0, 0.1) is 0 Å². The van der Waals surface area contributed by atoms with Crippen LogP contribution >= 0.6 is 15.9 Å². The minimum absolute atomic E-state index is 0.0850. The maximum atomic E-state index is 12.8. The molecular formula is C10H11BrF2N2O2. The third-order valence-corrected chi connectivity index (χ3v) is 2.54. The van der Waals surface area contributed by atoms with Crippen molar-refractivity contribution in [3.8, 4) is 0 Å². The maximum Gasteiger partial charge on any atom is 0.357 e. The van der Waals surface area contributed by atoms with E-state index in [0.29, 0.717) is 11.0 Å². The Morgan fingerprint density at radius 1 is 1.65 bits per heavy atom. The first kappa shape index (κ1) is 13.8. The van der Waals surface area contributed by atoms with Gasteiger partial charge in [-0.3, -0.25) is 0 Å². The lowest BCUT2D eigenvalue weighted by atomic mass is 10.1. The fourth-order valence-electron chi connectivity index (χ4n) is 1.28. The first-order chi connectivity index (χ1) is 8.01. The van der Waals surface area contributed by atoms with Crippen LogP contribution in [0.3, 0.4) is 0 Å². The van der Waals surface area contributed by atoms with Crippen LogP contribution in [0.15, 0.2) is 6.07 Å². The van der Waals surface area contributed by atoms with E-state index in [0.717, 1.165) is 0 Å². The zero-order valence-corrected chi connectivity index (χ0v) is 10.6. The van der Waals surface area contributed by atoms with Crippen molar-refractivity contribution in [2.24, 2.45) is 0 Å². The number of anilines is 1. The summed E-state index contributed by atoms with van der Waals surface area (Å²) in [4.78, 5) is 15.3. The molecule has 0 saturated heterocycles. The molecule has 94 valence electrons. The highest BCUT2D eigenvalue weighted by atomic mass is 79.9. The van der Waals surface area contributed by atoms with Gasteiger partial charge in [0.05, 0.1) is 17.9 Å². The Bertz CT molecular complexity index is 427. The molecule has 1 rings (SSSR count). The summed E-state index contributed by atoms with van der Waals surface area (Å²) < 4.78 is 30.2. The van der Waals surface area contributed by atoms with Gasteiger partial charge in [-0.05, 0) is 13.0 Å². The highest BCUT2D eigenvalue weighted by Gasteiger charge is 2.24. The van der Waals surface area contributed by atoms with Gasteiger partial charge < -0.3 is 10.5 Å². The number of pyridine rings is 1. The number of esters is 1. The zero-order chi connectivity index (χ0) is 13.0. The molecule has 0 unspecified atom stereocenters. The van der Waals surface area contributed by atoms with Gasteiger partial charge in [-0.25, -0.2) is 18.6 Å². The van der Waals surface area contributed by atoms with E-state index in [2.05, 4.69) is 25.7 Å². The number of hydrogen-bond acceptors (Lipinski definition) is 4. The Kier molecular flexibility index (Phi) is 4.80. The number of hydrogen-bond donors (Lipinski definition) is 1. The Hall–Kier alpha value is -1.24. The number of rotatable bonds is 4. The lowest BCUT2D eigenvalue weighted by Gasteiger charge is -2.11. The van der Waals surface area contributed by atoms with Gasteiger partial charge in [-0.2, -0.15) is 0 Å². The smallest absolute Gasteiger partial charge is 0.357 e. The van der Waals surface area contributed by atoms with Crippen molar-refractivity contribution in [3.63, 3.8) is 0 Å². The summed E-state index contributed by atoms with van der Waals surface area (Å²) in [5, 5.41) is 0.313. The predicted molar refractivity (Wildman–Crippen MR) is 62.2 cm³/mol. The Balaban J connectivity index is 3.32. The Labute approximate surface area is 105 Å². The molecule has 0 spiro atoms. The predicted octanol–water partition coefficient (Wildman–Crippen LogP) is 2.67. The molecular weight excluding hydrogens is 298 g/mol. The second kappa shape index (κ2) is 5.90. The molecule has 0 aliphatic carbocycles. The van der Waals surface area contributed by atoms with E-state index >= 15 is 0 Å². The lowest BCUT2D eigenvalue weighted by molar-refractivity contribution is 0.0507. The molecule has 0 aromatic carbocycles. The van der Waals surface area contributed by atoms with Crippen LogP contribution < -0.4 is 5.73 Å². The summed E-state index contributed by atoms with van der Waals surface area (Å²) in [6.45, 7) is 1.67. The summed E-state index contributed by atoms with van der Waals surface area (Å²) in [6, 6.07) is 1.30. The molecule has 1 aromatic rings. The number of carbonyl (C=O) groups is 1. The molecule has 1 heterocycles. The van der Waals surface area contributed by atoms with Crippen LogP contribution in [-0.2, 0) is 10.1 Å². The molecule has 0 radical (unpaired) electrons. The summed E-state index contributed by atoms with van der Waals surface area (Å²) in [5.74, 6) is -0.891. The van der Waals surface area contributed by atoms with E-state index in [9.17, 15) is 13.6 Å². The number of nitrogens with two attached hydrogens (primary N) is 1. The molecule has 0 fully saturated rings. The summed E-state index contributed by atoms with van der Waals surface area (Å²) >= 11 is 3.12. The summed E-state index contributed by atoms with van der Waals surface area (Å²) in [7, 11) is 0. The first-order valence-electron chi connectivity index (χ1n) is 4.81. The number of halogens is 3. The molecule has 0 saturated carbocycles. The van der Waals surface area contributed by atoms with Crippen LogP contribution in [-0.4, -0.2) is 17.6 Å². The average Bonchev–Trinajstić information content (AvgIpc) is 2.27. The largest absolute Gasteiger partial charge is 0.461 e. The first-order valence-corrected chi connectivity index (χ1v) is 5.93. The van der Waals surface area contributed by atoms with E-state index in [1.165, 1.54) is 6.07 Å². The molecule has 0 aliphatic heterocycles.